The van der Waals surface area contributed by atoms with E-state index in [1.807, 2.05) is 50.1 Å². The van der Waals surface area contributed by atoms with Crippen molar-refractivity contribution in [1.29, 1.82) is 0 Å². The van der Waals surface area contributed by atoms with E-state index < -0.39 is 0 Å². The molecule has 0 aliphatic heterocycles. The molecule has 5 nitrogen and oxygen atoms in total. The quantitative estimate of drug-likeness (QED) is 0.351. The van der Waals surface area contributed by atoms with Crippen LogP contribution in [0.1, 0.15) is 32.3 Å². The maximum Gasteiger partial charge on any atom is 0.221 e. The van der Waals surface area contributed by atoms with E-state index in [0.717, 1.165) is 42.6 Å². The Hall–Kier alpha value is -1.02. The summed E-state index contributed by atoms with van der Waals surface area (Å²) in [6.45, 7) is 6.77. The highest BCUT2D eigenvalue weighted by molar-refractivity contribution is 14.0. The number of amides is 1. The predicted molar refractivity (Wildman–Crippen MR) is 112 cm³/mol. The molecule has 0 aromatic heterocycles. The predicted octanol–water partition coefficient (Wildman–Crippen LogP) is 3.27. The summed E-state index contributed by atoms with van der Waals surface area (Å²) in [5.74, 6) is 0.845. The Bertz CT molecular complexity index is 508. The third kappa shape index (κ3) is 9.32. The molecule has 0 bridgehead atoms. The Kier molecular flexibility index (Phi) is 12.7. The van der Waals surface area contributed by atoms with Crippen LogP contribution in [-0.2, 0) is 11.3 Å². The van der Waals surface area contributed by atoms with E-state index in [-0.39, 0.29) is 29.9 Å². The van der Waals surface area contributed by atoms with Crippen LogP contribution in [0.25, 0.3) is 0 Å². The van der Waals surface area contributed by atoms with Crippen LogP contribution in [0.3, 0.4) is 0 Å². The van der Waals surface area contributed by atoms with Crippen LogP contribution in [-0.4, -0.2) is 43.4 Å². The molecular formula is C17H28ClIN4O. The first-order chi connectivity index (χ1) is 11.1. The van der Waals surface area contributed by atoms with E-state index in [2.05, 4.69) is 15.6 Å². The van der Waals surface area contributed by atoms with Gasteiger partial charge in [-0.2, -0.15) is 0 Å². The molecule has 7 heteroatoms. The summed E-state index contributed by atoms with van der Waals surface area (Å²) < 4.78 is 0. The van der Waals surface area contributed by atoms with Crippen molar-refractivity contribution < 1.29 is 4.79 Å². The number of carbonyl (C=O) groups is 1. The minimum absolute atomic E-state index is 0. The first-order valence-electron chi connectivity index (χ1n) is 8.07. The van der Waals surface area contributed by atoms with Crippen molar-refractivity contribution in [3.05, 3.63) is 34.9 Å². The molecule has 0 fully saturated rings. The Balaban J connectivity index is 0.00000529. The van der Waals surface area contributed by atoms with Crippen molar-refractivity contribution in [3.63, 3.8) is 0 Å². The van der Waals surface area contributed by atoms with Crippen LogP contribution in [0, 0.1) is 0 Å². The molecule has 0 spiro atoms. The summed E-state index contributed by atoms with van der Waals surface area (Å²) in [5.41, 5.74) is 1.16. The van der Waals surface area contributed by atoms with Gasteiger partial charge in [0.25, 0.3) is 0 Å². The van der Waals surface area contributed by atoms with Crippen molar-refractivity contribution >= 4 is 47.4 Å². The Morgan fingerprint density at radius 1 is 1.21 bits per heavy atom. The molecule has 0 heterocycles. The molecular weight excluding hydrogens is 439 g/mol. The van der Waals surface area contributed by atoms with Gasteiger partial charge in [-0.05, 0) is 31.0 Å². The second-order valence-corrected chi connectivity index (χ2v) is 5.75. The minimum atomic E-state index is 0. The number of nitrogens with zero attached hydrogens (tertiary/aromatic N) is 2. The fourth-order valence-corrected chi connectivity index (χ4v) is 2.15. The van der Waals surface area contributed by atoms with E-state index in [1.54, 1.807) is 0 Å². The largest absolute Gasteiger partial charge is 0.357 e. The Morgan fingerprint density at radius 3 is 2.46 bits per heavy atom. The van der Waals surface area contributed by atoms with E-state index in [9.17, 15) is 4.79 Å². The molecule has 2 N–H and O–H groups in total. The SMILES string of the molecule is CCCNC(=O)CCN=C(NCC)N(C)Cc1ccc(Cl)cc1.I. The van der Waals surface area contributed by atoms with Gasteiger partial charge in [0.15, 0.2) is 5.96 Å². The second kappa shape index (κ2) is 13.3. The number of guanidine groups is 1. The van der Waals surface area contributed by atoms with Crippen LogP contribution in [0.4, 0.5) is 0 Å². The van der Waals surface area contributed by atoms with Gasteiger partial charge in [-0.1, -0.05) is 30.7 Å². The summed E-state index contributed by atoms with van der Waals surface area (Å²) >= 11 is 5.91. The molecule has 0 unspecified atom stereocenters. The van der Waals surface area contributed by atoms with Gasteiger partial charge >= 0.3 is 0 Å². The minimum Gasteiger partial charge on any atom is -0.357 e. The van der Waals surface area contributed by atoms with Crippen molar-refractivity contribution in [1.82, 2.24) is 15.5 Å². The zero-order chi connectivity index (χ0) is 17.1. The first kappa shape index (κ1) is 23.0. The molecule has 24 heavy (non-hydrogen) atoms. The van der Waals surface area contributed by atoms with Crippen LogP contribution < -0.4 is 10.6 Å². The van der Waals surface area contributed by atoms with Crippen LogP contribution in [0.15, 0.2) is 29.3 Å². The summed E-state index contributed by atoms with van der Waals surface area (Å²) in [4.78, 5) is 18.2. The lowest BCUT2D eigenvalue weighted by molar-refractivity contribution is -0.120. The average Bonchev–Trinajstić information content (AvgIpc) is 2.54. The topological polar surface area (TPSA) is 56.7 Å². The standard InChI is InChI=1S/C17H27ClN4O.HI/c1-4-11-20-16(23)10-12-21-17(19-5-2)22(3)13-14-6-8-15(18)9-7-14;/h6-9H,4-5,10-13H2,1-3H3,(H,19,21)(H,20,23);1H. The van der Waals surface area contributed by atoms with Crippen LogP contribution in [0.2, 0.25) is 5.02 Å². The number of benzene rings is 1. The molecule has 1 aromatic carbocycles. The zero-order valence-electron chi connectivity index (χ0n) is 14.6. The van der Waals surface area contributed by atoms with Crippen LogP contribution >= 0.6 is 35.6 Å². The highest BCUT2D eigenvalue weighted by atomic mass is 127. The highest BCUT2D eigenvalue weighted by Crippen LogP contribution is 2.11. The van der Waals surface area contributed by atoms with E-state index >= 15 is 0 Å². The number of halogens is 2. The molecule has 1 aromatic rings. The van der Waals surface area contributed by atoms with Gasteiger partial charge in [-0.15, -0.1) is 24.0 Å². The van der Waals surface area contributed by atoms with E-state index in [4.69, 9.17) is 11.6 Å². The van der Waals surface area contributed by atoms with Gasteiger partial charge in [0.05, 0.1) is 6.54 Å². The number of hydrogen-bond donors (Lipinski definition) is 2. The average molecular weight is 467 g/mol. The molecule has 1 amide bonds. The maximum atomic E-state index is 11.6. The summed E-state index contributed by atoms with van der Waals surface area (Å²) in [6, 6.07) is 7.76. The molecule has 0 aliphatic carbocycles. The third-order valence-electron chi connectivity index (χ3n) is 3.20. The summed E-state index contributed by atoms with van der Waals surface area (Å²) in [7, 11) is 1.98. The summed E-state index contributed by atoms with van der Waals surface area (Å²) in [6.07, 6.45) is 1.35. The first-order valence-corrected chi connectivity index (χ1v) is 8.45. The van der Waals surface area contributed by atoms with Crippen LogP contribution in [0.5, 0.6) is 0 Å². The Morgan fingerprint density at radius 2 is 1.88 bits per heavy atom. The third-order valence-corrected chi connectivity index (χ3v) is 3.45. The zero-order valence-corrected chi connectivity index (χ0v) is 17.7. The summed E-state index contributed by atoms with van der Waals surface area (Å²) in [5, 5.41) is 6.84. The maximum absolute atomic E-state index is 11.6. The fraction of sp³-hybridized carbons (Fsp3) is 0.529. The van der Waals surface area contributed by atoms with Gasteiger partial charge in [0, 0.05) is 38.1 Å². The van der Waals surface area contributed by atoms with Gasteiger partial charge in [-0.25, -0.2) is 0 Å². The molecule has 0 atom stereocenters. The smallest absolute Gasteiger partial charge is 0.221 e. The second-order valence-electron chi connectivity index (χ2n) is 5.32. The van der Waals surface area contributed by atoms with Gasteiger partial charge < -0.3 is 15.5 Å². The number of aliphatic imine (C=N–C) groups is 1. The van der Waals surface area contributed by atoms with Gasteiger partial charge in [0.2, 0.25) is 5.91 Å². The van der Waals surface area contributed by atoms with Crippen molar-refractivity contribution in [3.8, 4) is 0 Å². The fourth-order valence-electron chi connectivity index (χ4n) is 2.02. The number of hydrogen-bond acceptors (Lipinski definition) is 2. The van der Waals surface area contributed by atoms with E-state index in [1.165, 1.54) is 0 Å². The van der Waals surface area contributed by atoms with Gasteiger partial charge in [-0.3, -0.25) is 9.79 Å². The van der Waals surface area contributed by atoms with Crippen molar-refractivity contribution in [2.24, 2.45) is 4.99 Å². The number of rotatable bonds is 8. The van der Waals surface area contributed by atoms with E-state index in [0.29, 0.717) is 13.0 Å². The molecule has 1 rings (SSSR count). The molecule has 0 aliphatic rings. The van der Waals surface area contributed by atoms with Crippen molar-refractivity contribution in [2.75, 3.05) is 26.7 Å². The number of carbonyl (C=O) groups excluding carboxylic acids is 1. The molecule has 136 valence electrons. The number of nitrogens with one attached hydrogen (secondary N) is 2. The lowest BCUT2D eigenvalue weighted by Gasteiger charge is -2.22. The molecule has 0 saturated carbocycles. The van der Waals surface area contributed by atoms with Crippen molar-refractivity contribution in [2.45, 2.75) is 33.2 Å². The molecule has 0 saturated heterocycles. The Labute approximate surface area is 167 Å². The highest BCUT2D eigenvalue weighted by Gasteiger charge is 2.07. The lowest BCUT2D eigenvalue weighted by Crippen LogP contribution is -2.38. The lowest BCUT2D eigenvalue weighted by atomic mass is 10.2. The monoisotopic (exact) mass is 466 g/mol. The van der Waals surface area contributed by atoms with Gasteiger partial charge in [0.1, 0.15) is 0 Å². The molecule has 0 radical (unpaired) electrons. The normalized spacial score (nSPS) is 10.8.